The monoisotopic (exact) mass is 381 g/mol. The van der Waals surface area contributed by atoms with Gasteiger partial charge in [0, 0.05) is 31.2 Å². The summed E-state index contributed by atoms with van der Waals surface area (Å²) in [6.45, 7) is 1.81. The number of nitrogens with zero attached hydrogens (tertiary/aromatic N) is 3. The summed E-state index contributed by atoms with van der Waals surface area (Å²) in [7, 11) is 0. The molecule has 0 spiro atoms. The zero-order chi connectivity index (χ0) is 18.3. The van der Waals surface area contributed by atoms with Gasteiger partial charge in [-0.25, -0.2) is 4.98 Å². The van der Waals surface area contributed by atoms with E-state index in [0.717, 1.165) is 18.3 Å². The molecule has 0 N–H and O–H groups in total. The molecule has 2 aliphatic rings. The quantitative estimate of drug-likeness (QED) is 0.790. The molecule has 2 aliphatic heterocycles. The molecule has 0 atom stereocenters. The second kappa shape index (κ2) is 6.57. The molecule has 8 heteroatoms. The number of para-hydroxylation sites is 1. The summed E-state index contributed by atoms with van der Waals surface area (Å²) in [4.78, 5) is 19.8. The maximum absolute atomic E-state index is 12.9. The molecule has 0 aliphatic carbocycles. The number of thiazole rings is 1. The van der Waals surface area contributed by atoms with Crippen molar-refractivity contribution in [2.75, 3.05) is 29.4 Å². The highest BCUT2D eigenvalue weighted by Crippen LogP contribution is 2.38. The van der Waals surface area contributed by atoms with Crippen LogP contribution >= 0.6 is 11.3 Å². The van der Waals surface area contributed by atoms with E-state index in [-0.39, 0.29) is 11.8 Å². The van der Waals surface area contributed by atoms with E-state index in [1.54, 1.807) is 0 Å². The zero-order valence-electron chi connectivity index (χ0n) is 14.0. The second-order valence-electron chi connectivity index (χ2n) is 6.63. The van der Waals surface area contributed by atoms with Crippen LogP contribution in [0.4, 0.5) is 24.0 Å². The van der Waals surface area contributed by atoms with Crippen LogP contribution in [0.1, 0.15) is 23.3 Å². The molecule has 2 aromatic rings. The lowest BCUT2D eigenvalue weighted by Gasteiger charge is -2.33. The van der Waals surface area contributed by atoms with Crippen LogP contribution in [0, 0.1) is 5.92 Å². The summed E-state index contributed by atoms with van der Waals surface area (Å²) in [6, 6.07) is 7.94. The van der Waals surface area contributed by atoms with E-state index in [0.29, 0.717) is 48.9 Å². The second-order valence-corrected chi connectivity index (χ2v) is 7.64. The Balaban J connectivity index is 1.40. The highest BCUT2D eigenvalue weighted by atomic mass is 32.1. The third-order valence-electron chi connectivity index (χ3n) is 5.04. The van der Waals surface area contributed by atoms with Gasteiger partial charge in [0.1, 0.15) is 4.88 Å². The molecule has 1 saturated heterocycles. The van der Waals surface area contributed by atoms with Crippen molar-refractivity contribution in [3.63, 3.8) is 0 Å². The van der Waals surface area contributed by atoms with Gasteiger partial charge < -0.3 is 9.80 Å². The van der Waals surface area contributed by atoms with E-state index >= 15 is 0 Å². The van der Waals surface area contributed by atoms with Crippen molar-refractivity contribution in [2.24, 2.45) is 5.92 Å². The summed E-state index contributed by atoms with van der Waals surface area (Å²) in [5.74, 6) is 0.0455. The molecule has 4 rings (SSSR count). The lowest BCUT2D eigenvalue weighted by atomic mass is 9.95. The lowest BCUT2D eigenvalue weighted by molar-refractivity contribution is -0.134. The molecular formula is C18H18F3N3OS. The number of anilines is 2. The fourth-order valence-electron chi connectivity index (χ4n) is 3.65. The van der Waals surface area contributed by atoms with E-state index in [1.807, 2.05) is 34.1 Å². The van der Waals surface area contributed by atoms with E-state index < -0.39 is 11.1 Å². The number of hydrogen-bond acceptors (Lipinski definition) is 4. The number of aromatic nitrogens is 1. The van der Waals surface area contributed by atoms with Crippen LogP contribution in [0.2, 0.25) is 0 Å². The van der Waals surface area contributed by atoms with Gasteiger partial charge in [0.15, 0.2) is 5.13 Å². The van der Waals surface area contributed by atoms with Crippen LogP contribution in [-0.4, -0.2) is 30.5 Å². The molecule has 0 bridgehead atoms. The van der Waals surface area contributed by atoms with E-state index in [1.165, 1.54) is 5.56 Å². The average Bonchev–Trinajstić information content (AvgIpc) is 3.28. The SMILES string of the molecule is O=C(C1CCN(c2ncc(C(F)(F)F)s2)CC1)N1CCc2ccccc21. The van der Waals surface area contributed by atoms with E-state index in [4.69, 9.17) is 0 Å². The van der Waals surface area contributed by atoms with Crippen LogP contribution in [0.15, 0.2) is 30.5 Å². The summed E-state index contributed by atoms with van der Waals surface area (Å²) >= 11 is 0.666. The first kappa shape index (κ1) is 17.3. The first-order chi connectivity index (χ1) is 12.4. The number of carbonyl (C=O) groups is 1. The van der Waals surface area contributed by atoms with Crippen molar-refractivity contribution < 1.29 is 18.0 Å². The Morgan fingerprint density at radius 2 is 1.88 bits per heavy atom. The van der Waals surface area contributed by atoms with E-state index in [9.17, 15) is 18.0 Å². The molecule has 1 fully saturated rings. The van der Waals surface area contributed by atoms with Crippen LogP contribution in [0.5, 0.6) is 0 Å². The maximum Gasteiger partial charge on any atom is 0.427 e. The Morgan fingerprint density at radius 3 is 2.58 bits per heavy atom. The number of fused-ring (bicyclic) bond motifs is 1. The summed E-state index contributed by atoms with van der Waals surface area (Å²) < 4.78 is 38.2. The largest absolute Gasteiger partial charge is 0.427 e. The smallest absolute Gasteiger partial charge is 0.348 e. The normalized spacial score (nSPS) is 18.3. The molecule has 0 saturated carbocycles. The van der Waals surface area contributed by atoms with Crippen molar-refractivity contribution in [2.45, 2.75) is 25.4 Å². The van der Waals surface area contributed by atoms with Gasteiger partial charge in [0.05, 0.1) is 6.20 Å². The van der Waals surface area contributed by atoms with E-state index in [2.05, 4.69) is 4.98 Å². The van der Waals surface area contributed by atoms with Gasteiger partial charge in [0.25, 0.3) is 0 Å². The Labute approximate surface area is 153 Å². The molecule has 138 valence electrons. The predicted molar refractivity (Wildman–Crippen MR) is 94.6 cm³/mol. The molecule has 4 nitrogen and oxygen atoms in total. The Bertz CT molecular complexity index is 812. The fraction of sp³-hybridized carbons (Fsp3) is 0.444. The van der Waals surface area contributed by atoms with Gasteiger partial charge in [-0.1, -0.05) is 29.5 Å². The van der Waals surface area contributed by atoms with Gasteiger partial charge in [-0.2, -0.15) is 13.2 Å². The molecule has 3 heterocycles. The molecular weight excluding hydrogens is 363 g/mol. The molecule has 1 aromatic heterocycles. The van der Waals surface area contributed by atoms with Gasteiger partial charge in [-0.15, -0.1) is 0 Å². The summed E-state index contributed by atoms with van der Waals surface area (Å²) in [6.07, 6.45) is -1.32. The molecule has 1 aromatic carbocycles. The lowest BCUT2D eigenvalue weighted by Crippen LogP contribution is -2.42. The minimum atomic E-state index is -4.35. The predicted octanol–water partition coefficient (Wildman–Crippen LogP) is 3.97. The fourth-order valence-corrected chi connectivity index (χ4v) is 4.48. The van der Waals surface area contributed by atoms with Crippen LogP contribution in [-0.2, 0) is 17.4 Å². The van der Waals surface area contributed by atoms with Gasteiger partial charge >= 0.3 is 6.18 Å². The average molecular weight is 381 g/mol. The number of piperidine rings is 1. The number of alkyl halides is 3. The van der Waals surface area contributed by atoms with Crippen molar-refractivity contribution in [3.05, 3.63) is 40.9 Å². The Morgan fingerprint density at radius 1 is 1.15 bits per heavy atom. The first-order valence-electron chi connectivity index (χ1n) is 8.61. The van der Waals surface area contributed by atoms with Crippen LogP contribution in [0.25, 0.3) is 0 Å². The van der Waals surface area contributed by atoms with Crippen molar-refractivity contribution in [1.82, 2.24) is 4.98 Å². The number of benzene rings is 1. The molecule has 0 unspecified atom stereocenters. The maximum atomic E-state index is 12.9. The number of carbonyl (C=O) groups excluding carboxylic acids is 1. The minimum Gasteiger partial charge on any atom is -0.348 e. The topological polar surface area (TPSA) is 36.4 Å². The van der Waals surface area contributed by atoms with Crippen molar-refractivity contribution in [3.8, 4) is 0 Å². The minimum absolute atomic E-state index is 0.0838. The third-order valence-corrected chi connectivity index (χ3v) is 6.14. The number of rotatable bonds is 2. The van der Waals surface area contributed by atoms with Crippen molar-refractivity contribution in [1.29, 1.82) is 0 Å². The number of halogens is 3. The van der Waals surface area contributed by atoms with Gasteiger partial charge in [0.2, 0.25) is 5.91 Å². The van der Waals surface area contributed by atoms with Crippen LogP contribution in [0.3, 0.4) is 0 Å². The Kier molecular flexibility index (Phi) is 4.38. The van der Waals surface area contributed by atoms with Gasteiger partial charge in [-0.3, -0.25) is 4.79 Å². The highest BCUT2D eigenvalue weighted by molar-refractivity contribution is 7.15. The number of amides is 1. The molecule has 26 heavy (non-hydrogen) atoms. The Hall–Kier alpha value is -2.09. The molecule has 0 radical (unpaired) electrons. The molecule has 1 amide bonds. The van der Waals surface area contributed by atoms with Crippen LogP contribution < -0.4 is 9.80 Å². The summed E-state index contributed by atoms with van der Waals surface area (Å²) in [5.41, 5.74) is 2.19. The third kappa shape index (κ3) is 3.18. The van der Waals surface area contributed by atoms with Crippen molar-refractivity contribution >= 4 is 28.1 Å². The first-order valence-corrected chi connectivity index (χ1v) is 9.42. The highest BCUT2D eigenvalue weighted by Gasteiger charge is 2.36. The summed E-state index contributed by atoms with van der Waals surface area (Å²) in [5, 5.41) is 0.384. The number of hydrogen-bond donors (Lipinski definition) is 0. The zero-order valence-corrected chi connectivity index (χ0v) is 14.8. The standard InChI is InChI=1S/C18H18F3N3OS/c19-18(20,21)15-11-22-17(26-15)23-8-5-13(6-9-23)16(25)24-10-7-12-3-1-2-4-14(12)24/h1-4,11,13H,5-10H2. The van der Waals surface area contributed by atoms with Gasteiger partial charge in [-0.05, 0) is 30.9 Å².